The summed E-state index contributed by atoms with van der Waals surface area (Å²) >= 11 is 0. The number of aryl methyl sites for hydroxylation is 1. The van der Waals surface area contributed by atoms with Gasteiger partial charge < -0.3 is 9.67 Å². The summed E-state index contributed by atoms with van der Waals surface area (Å²) in [5.41, 5.74) is 1.49. The number of rotatable bonds is 1. The van der Waals surface area contributed by atoms with Crippen LogP contribution in [-0.4, -0.2) is 24.4 Å². The molecule has 4 heterocycles. The standard InChI is InChI=1S/C17H17FN4O/c18-13-7-20-22-6-5-12(17(23)16(13)22)15-11-4-2-1-3-10(11)14-8-19-9-21(14)15/h1-4,7-12,15,17,23H,5-6H2/t10?,11?,12-,15+,17-/m0/s1. The molecule has 2 aromatic heterocycles. The third-order valence-corrected chi connectivity index (χ3v) is 5.56. The molecule has 0 spiro atoms. The lowest BCUT2D eigenvalue weighted by Gasteiger charge is -2.36. The summed E-state index contributed by atoms with van der Waals surface area (Å²) in [7, 11) is 0. The first-order valence-electron chi connectivity index (χ1n) is 8.01. The number of hydrogen-bond donors (Lipinski definition) is 1. The van der Waals surface area contributed by atoms with Gasteiger partial charge in [-0.05, 0) is 6.42 Å². The molecule has 6 heteroatoms. The minimum Gasteiger partial charge on any atom is -0.386 e. The molecule has 5 atom stereocenters. The summed E-state index contributed by atoms with van der Waals surface area (Å²) in [6.45, 7) is 0.637. The van der Waals surface area contributed by atoms with Gasteiger partial charge in [0, 0.05) is 42.2 Å². The number of aliphatic hydroxyl groups is 1. The van der Waals surface area contributed by atoms with Crippen LogP contribution in [0.5, 0.6) is 0 Å². The number of nitrogens with zero attached hydrogens (tertiary/aromatic N) is 4. The Bertz CT molecular complexity index is 820. The zero-order valence-electron chi connectivity index (χ0n) is 12.5. The zero-order valence-corrected chi connectivity index (χ0v) is 12.5. The first-order valence-corrected chi connectivity index (χ1v) is 8.01. The Kier molecular flexibility index (Phi) is 2.68. The monoisotopic (exact) mass is 312 g/mol. The highest BCUT2D eigenvalue weighted by atomic mass is 19.1. The van der Waals surface area contributed by atoms with Crippen molar-refractivity contribution in [1.82, 2.24) is 19.3 Å². The van der Waals surface area contributed by atoms with E-state index in [1.165, 1.54) is 11.9 Å². The molecule has 5 rings (SSSR count). The number of allylic oxidation sites excluding steroid dienone is 4. The van der Waals surface area contributed by atoms with Gasteiger partial charge in [0.1, 0.15) is 11.8 Å². The van der Waals surface area contributed by atoms with Crippen molar-refractivity contribution in [2.75, 3.05) is 0 Å². The van der Waals surface area contributed by atoms with Crippen LogP contribution in [0.15, 0.2) is 43.0 Å². The highest BCUT2D eigenvalue weighted by Gasteiger charge is 2.47. The van der Waals surface area contributed by atoms with Gasteiger partial charge in [0.25, 0.3) is 0 Å². The predicted octanol–water partition coefficient (Wildman–Crippen LogP) is 2.35. The molecule has 2 unspecified atom stereocenters. The maximum atomic E-state index is 14.0. The number of hydrogen-bond acceptors (Lipinski definition) is 3. The molecule has 0 aromatic carbocycles. The fourth-order valence-electron chi connectivity index (χ4n) is 4.58. The lowest BCUT2D eigenvalue weighted by atomic mass is 9.76. The lowest BCUT2D eigenvalue weighted by molar-refractivity contribution is 0.0320. The SMILES string of the molecule is O[C@@H]1c2c(F)cnn2CC[C@H]1[C@H]1C2C=CC=CC2c2cncn21. The predicted molar refractivity (Wildman–Crippen MR) is 81.0 cm³/mol. The van der Waals surface area contributed by atoms with E-state index in [0.29, 0.717) is 12.2 Å². The molecule has 0 bridgehead atoms. The van der Waals surface area contributed by atoms with Crippen LogP contribution < -0.4 is 0 Å². The smallest absolute Gasteiger partial charge is 0.166 e. The maximum Gasteiger partial charge on any atom is 0.166 e. The van der Waals surface area contributed by atoms with Crippen LogP contribution >= 0.6 is 0 Å². The molecule has 118 valence electrons. The summed E-state index contributed by atoms with van der Waals surface area (Å²) in [5, 5.41) is 14.8. The minimum absolute atomic E-state index is 0.0483. The fraction of sp³-hybridized carbons (Fsp3) is 0.412. The van der Waals surface area contributed by atoms with Crippen LogP contribution in [0.4, 0.5) is 4.39 Å². The first kappa shape index (κ1) is 13.2. The number of halogens is 1. The molecule has 1 aliphatic carbocycles. The van der Waals surface area contributed by atoms with Crippen molar-refractivity contribution in [2.45, 2.75) is 31.0 Å². The summed E-state index contributed by atoms with van der Waals surface area (Å²) in [4.78, 5) is 4.29. The van der Waals surface area contributed by atoms with Crippen LogP contribution in [0.2, 0.25) is 0 Å². The number of aliphatic hydroxyl groups excluding tert-OH is 1. The molecule has 0 saturated heterocycles. The third-order valence-electron chi connectivity index (χ3n) is 5.56. The molecule has 0 radical (unpaired) electrons. The highest BCUT2D eigenvalue weighted by molar-refractivity contribution is 5.32. The van der Waals surface area contributed by atoms with Crippen LogP contribution in [-0.2, 0) is 6.54 Å². The molecule has 2 aromatic rings. The van der Waals surface area contributed by atoms with E-state index in [4.69, 9.17) is 0 Å². The average Bonchev–Trinajstić information content (AvgIpc) is 3.23. The van der Waals surface area contributed by atoms with Crippen LogP contribution in [0.3, 0.4) is 0 Å². The van der Waals surface area contributed by atoms with E-state index in [-0.39, 0.29) is 23.8 Å². The van der Waals surface area contributed by atoms with E-state index in [2.05, 4.69) is 39.0 Å². The highest BCUT2D eigenvalue weighted by Crippen LogP contribution is 2.52. The van der Waals surface area contributed by atoms with E-state index in [1.807, 2.05) is 12.5 Å². The Morgan fingerprint density at radius 3 is 3.00 bits per heavy atom. The molecule has 0 fully saturated rings. The molecule has 1 N–H and O–H groups in total. The number of fused-ring (bicyclic) bond motifs is 4. The van der Waals surface area contributed by atoms with E-state index in [1.54, 1.807) is 4.68 Å². The normalized spacial score (nSPS) is 34.3. The van der Waals surface area contributed by atoms with Crippen molar-refractivity contribution < 1.29 is 9.50 Å². The van der Waals surface area contributed by atoms with Crippen molar-refractivity contribution in [1.29, 1.82) is 0 Å². The van der Waals surface area contributed by atoms with Gasteiger partial charge in [-0.1, -0.05) is 24.3 Å². The summed E-state index contributed by atoms with van der Waals surface area (Å²) in [6, 6.07) is 0.0942. The number of imidazole rings is 1. The maximum absolute atomic E-state index is 14.0. The Labute approximate surface area is 132 Å². The largest absolute Gasteiger partial charge is 0.386 e. The fourth-order valence-corrected chi connectivity index (χ4v) is 4.58. The van der Waals surface area contributed by atoms with Gasteiger partial charge in [0.2, 0.25) is 0 Å². The van der Waals surface area contributed by atoms with Crippen molar-refractivity contribution in [2.24, 2.45) is 11.8 Å². The van der Waals surface area contributed by atoms with Crippen molar-refractivity contribution >= 4 is 0 Å². The average molecular weight is 312 g/mol. The second-order valence-corrected chi connectivity index (χ2v) is 6.59. The third kappa shape index (κ3) is 1.69. The number of aromatic nitrogens is 4. The van der Waals surface area contributed by atoms with E-state index >= 15 is 0 Å². The van der Waals surface area contributed by atoms with Gasteiger partial charge in [0.15, 0.2) is 5.82 Å². The van der Waals surface area contributed by atoms with Gasteiger partial charge >= 0.3 is 0 Å². The van der Waals surface area contributed by atoms with Crippen LogP contribution in [0.1, 0.15) is 35.9 Å². The van der Waals surface area contributed by atoms with Crippen molar-refractivity contribution in [3.63, 3.8) is 0 Å². The summed E-state index contributed by atoms with van der Waals surface area (Å²) in [5.74, 6) is 0.112. The second-order valence-electron chi connectivity index (χ2n) is 6.59. The summed E-state index contributed by atoms with van der Waals surface area (Å²) in [6.07, 6.45) is 13.4. The molecular formula is C17H17FN4O. The minimum atomic E-state index is -0.843. The molecule has 23 heavy (non-hydrogen) atoms. The van der Waals surface area contributed by atoms with Gasteiger partial charge in [-0.2, -0.15) is 5.10 Å². The molecule has 5 nitrogen and oxygen atoms in total. The molecular weight excluding hydrogens is 295 g/mol. The zero-order chi connectivity index (χ0) is 15.6. The van der Waals surface area contributed by atoms with Crippen molar-refractivity contribution in [3.8, 4) is 0 Å². The molecule has 3 aliphatic rings. The topological polar surface area (TPSA) is 55.9 Å². The van der Waals surface area contributed by atoms with E-state index < -0.39 is 11.9 Å². The summed E-state index contributed by atoms with van der Waals surface area (Å²) < 4.78 is 17.8. The Balaban J connectivity index is 1.59. The molecule has 0 saturated carbocycles. The van der Waals surface area contributed by atoms with Crippen molar-refractivity contribution in [3.05, 3.63) is 60.2 Å². The van der Waals surface area contributed by atoms with Gasteiger partial charge in [-0.25, -0.2) is 9.37 Å². The second kappa shape index (κ2) is 4.64. The van der Waals surface area contributed by atoms with Gasteiger partial charge in [-0.3, -0.25) is 4.68 Å². The Morgan fingerprint density at radius 2 is 2.09 bits per heavy atom. The lowest BCUT2D eigenvalue weighted by Crippen LogP contribution is -2.34. The van der Waals surface area contributed by atoms with Gasteiger partial charge in [0.05, 0.1) is 12.5 Å². The first-order chi connectivity index (χ1) is 11.3. The quantitative estimate of drug-likeness (QED) is 0.879. The molecule has 0 amide bonds. The molecule has 2 aliphatic heterocycles. The van der Waals surface area contributed by atoms with E-state index in [9.17, 15) is 9.50 Å². The Morgan fingerprint density at radius 1 is 1.22 bits per heavy atom. The van der Waals surface area contributed by atoms with Gasteiger partial charge in [-0.15, -0.1) is 0 Å². The van der Waals surface area contributed by atoms with Crippen LogP contribution in [0.25, 0.3) is 0 Å². The van der Waals surface area contributed by atoms with E-state index in [0.717, 1.165) is 6.42 Å². The van der Waals surface area contributed by atoms with Crippen LogP contribution in [0, 0.1) is 17.7 Å². The Hall–Kier alpha value is -2.21.